The normalized spacial score (nSPS) is 21.7. The van der Waals surface area contributed by atoms with Gasteiger partial charge in [-0.05, 0) is 60.9 Å². The lowest BCUT2D eigenvalue weighted by atomic mass is 9.95. The second-order valence-electron chi connectivity index (χ2n) is 7.94. The Morgan fingerprint density at radius 3 is 2.67 bits per heavy atom. The predicted octanol–water partition coefficient (Wildman–Crippen LogP) is 3.45. The van der Waals surface area contributed by atoms with Crippen LogP contribution in [0.1, 0.15) is 29.5 Å². The zero-order valence-corrected chi connectivity index (χ0v) is 16.8. The molecule has 0 saturated carbocycles. The molecule has 0 radical (unpaired) electrons. The third kappa shape index (κ3) is 4.10. The van der Waals surface area contributed by atoms with Crippen molar-refractivity contribution >= 4 is 10.0 Å². The van der Waals surface area contributed by atoms with Crippen molar-refractivity contribution in [3.05, 3.63) is 65.2 Å². The maximum Gasteiger partial charge on any atom is 0.243 e. The Labute approximate surface area is 162 Å². The number of piperidine rings is 1. The molecule has 2 aliphatic rings. The summed E-state index contributed by atoms with van der Waals surface area (Å²) in [5.74, 6) is 0.406. The average Bonchev–Trinajstić information content (AvgIpc) is 2.68. The Morgan fingerprint density at radius 2 is 1.85 bits per heavy atom. The average molecular weight is 385 g/mol. The number of nitrogens with zero attached hydrogens (tertiary/aromatic N) is 2. The largest absolute Gasteiger partial charge is 0.298 e. The first-order valence-electron chi connectivity index (χ1n) is 9.88. The summed E-state index contributed by atoms with van der Waals surface area (Å²) in [4.78, 5) is 2.92. The molecule has 4 nitrogen and oxygen atoms in total. The van der Waals surface area contributed by atoms with Crippen molar-refractivity contribution < 1.29 is 8.42 Å². The Morgan fingerprint density at radius 1 is 1.04 bits per heavy atom. The van der Waals surface area contributed by atoms with Gasteiger partial charge in [0.15, 0.2) is 0 Å². The van der Waals surface area contributed by atoms with E-state index < -0.39 is 10.0 Å². The number of fused-ring (bicyclic) bond motifs is 1. The molecule has 0 N–H and O–H groups in total. The molecule has 5 heteroatoms. The highest BCUT2D eigenvalue weighted by atomic mass is 32.2. The van der Waals surface area contributed by atoms with Crippen LogP contribution in [0.25, 0.3) is 0 Å². The molecule has 1 fully saturated rings. The van der Waals surface area contributed by atoms with E-state index in [4.69, 9.17) is 0 Å². The van der Waals surface area contributed by atoms with Gasteiger partial charge in [0.05, 0.1) is 4.90 Å². The van der Waals surface area contributed by atoms with Gasteiger partial charge in [-0.2, -0.15) is 4.31 Å². The van der Waals surface area contributed by atoms with Crippen LogP contribution < -0.4 is 0 Å². The van der Waals surface area contributed by atoms with Crippen molar-refractivity contribution in [3.8, 4) is 0 Å². The van der Waals surface area contributed by atoms with E-state index in [-0.39, 0.29) is 0 Å². The molecule has 144 valence electrons. The first-order chi connectivity index (χ1) is 13.0. The molecule has 1 atom stereocenters. The van der Waals surface area contributed by atoms with Crippen LogP contribution in [0.2, 0.25) is 0 Å². The van der Waals surface area contributed by atoms with Gasteiger partial charge in [0.25, 0.3) is 0 Å². The van der Waals surface area contributed by atoms with Crippen molar-refractivity contribution in [1.29, 1.82) is 0 Å². The van der Waals surface area contributed by atoms with Gasteiger partial charge < -0.3 is 0 Å². The van der Waals surface area contributed by atoms with Crippen LogP contribution >= 0.6 is 0 Å². The van der Waals surface area contributed by atoms with Gasteiger partial charge in [0, 0.05) is 32.7 Å². The molecule has 0 amide bonds. The van der Waals surface area contributed by atoms with Crippen LogP contribution in [-0.2, 0) is 23.0 Å². The highest BCUT2D eigenvalue weighted by Gasteiger charge is 2.31. The second kappa shape index (κ2) is 7.74. The summed E-state index contributed by atoms with van der Waals surface area (Å²) >= 11 is 0. The van der Waals surface area contributed by atoms with Gasteiger partial charge in [-0.1, -0.05) is 36.4 Å². The molecular formula is C22H28N2O2S. The van der Waals surface area contributed by atoms with Crippen LogP contribution in [0.3, 0.4) is 0 Å². The zero-order valence-electron chi connectivity index (χ0n) is 16.0. The van der Waals surface area contributed by atoms with Crippen LogP contribution in [-0.4, -0.2) is 43.8 Å². The fourth-order valence-corrected chi connectivity index (χ4v) is 6.05. The number of hydrogen-bond donors (Lipinski definition) is 0. The van der Waals surface area contributed by atoms with E-state index in [0.29, 0.717) is 23.9 Å². The van der Waals surface area contributed by atoms with Crippen molar-refractivity contribution in [2.75, 3.05) is 26.2 Å². The standard InChI is InChI=1S/C22H28N2O2S/c1-18-6-4-10-22(14-18)27(25,26)24-12-5-7-19(16-24)15-23-13-11-20-8-2-3-9-21(20)17-23/h2-4,6,8-10,14,19H,5,7,11-13,15-17H2,1H3. The van der Waals surface area contributed by atoms with Gasteiger partial charge in [-0.15, -0.1) is 0 Å². The lowest BCUT2D eigenvalue weighted by molar-refractivity contribution is 0.167. The minimum Gasteiger partial charge on any atom is -0.298 e. The smallest absolute Gasteiger partial charge is 0.243 e. The van der Waals surface area contributed by atoms with Crippen molar-refractivity contribution in [2.24, 2.45) is 5.92 Å². The SMILES string of the molecule is Cc1cccc(S(=O)(=O)N2CCCC(CN3CCc4ccccc4C3)C2)c1. The molecule has 2 heterocycles. The molecular weight excluding hydrogens is 356 g/mol. The molecule has 2 aromatic rings. The van der Waals surface area contributed by atoms with E-state index in [0.717, 1.165) is 44.5 Å². The van der Waals surface area contributed by atoms with E-state index >= 15 is 0 Å². The number of sulfonamides is 1. The van der Waals surface area contributed by atoms with Crippen LogP contribution in [0.15, 0.2) is 53.4 Å². The molecule has 1 saturated heterocycles. The number of aryl methyl sites for hydroxylation is 1. The summed E-state index contributed by atoms with van der Waals surface area (Å²) in [7, 11) is -3.39. The molecule has 2 aliphatic heterocycles. The Hall–Kier alpha value is -1.69. The summed E-state index contributed by atoms with van der Waals surface area (Å²) in [6.07, 6.45) is 3.15. The van der Waals surface area contributed by atoms with Gasteiger partial charge in [-0.3, -0.25) is 4.90 Å². The molecule has 0 aliphatic carbocycles. The summed E-state index contributed by atoms with van der Waals surface area (Å²) < 4.78 is 27.8. The highest BCUT2D eigenvalue weighted by molar-refractivity contribution is 7.89. The Bertz CT molecular complexity index is 910. The summed E-state index contributed by atoms with van der Waals surface area (Å²) in [5.41, 5.74) is 3.86. The molecule has 2 aromatic carbocycles. The zero-order chi connectivity index (χ0) is 18.9. The topological polar surface area (TPSA) is 40.6 Å². The van der Waals surface area contributed by atoms with Crippen molar-refractivity contribution in [1.82, 2.24) is 9.21 Å². The third-order valence-electron chi connectivity index (χ3n) is 5.84. The van der Waals surface area contributed by atoms with Crippen molar-refractivity contribution in [3.63, 3.8) is 0 Å². The summed E-state index contributed by atoms with van der Waals surface area (Å²) in [5, 5.41) is 0. The minimum absolute atomic E-state index is 0.406. The summed E-state index contributed by atoms with van der Waals surface area (Å²) in [6.45, 7) is 6.24. The number of rotatable bonds is 4. The molecule has 0 aromatic heterocycles. The maximum absolute atomic E-state index is 13.1. The fraction of sp³-hybridized carbons (Fsp3) is 0.455. The van der Waals surface area contributed by atoms with E-state index in [1.54, 1.807) is 16.4 Å². The Balaban J connectivity index is 1.43. The second-order valence-corrected chi connectivity index (χ2v) is 9.88. The quantitative estimate of drug-likeness (QED) is 0.811. The molecule has 0 bridgehead atoms. The first kappa shape index (κ1) is 18.7. The van der Waals surface area contributed by atoms with Gasteiger partial charge in [-0.25, -0.2) is 8.42 Å². The molecule has 1 unspecified atom stereocenters. The van der Waals surface area contributed by atoms with E-state index in [2.05, 4.69) is 29.2 Å². The van der Waals surface area contributed by atoms with Gasteiger partial charge in [0.1, 0.15) is 0 Å². The summed E-state index contributed by atoms with van der Waals surface area (Å²) in [6, 6.07) is 15.9. The maximum atomic E-state index is 13.1. The number of benzene rings is 2. The lowest BCUT2D eigenvalue weighted by Crippen LogP contribution is -2.44. The molecule has 27 heavy (non-hydrogen) atoms. The third-order valence-corrected chi connectivity index (χ3v) is 7.70. The first-order valence-corrected chi connectivity index (χ1v) is 11.3. The molecule has 4 rings (SSSR count). The van der Waals surface area contributed by atoms with Crippen LogP contribution in [0.4, 0.5) is 0 Å². The molecule has 0 spiro atoms. The van der Waals surface area contributed by atoms with Gasteiger partial charge >= 0.3 is 0 Å². The van der Waals surface area contributed by atoms with E-state index in [1.165, 1.54) is 11.1 Å². The van der Waals surface area contributed by atoms with Crippen LogP contribution in [0.5, 0.6) is 0 Å². The monoisotopic (exact) mass is 384 g/mol. The van der Waals surface area contributed by atoms with Crippen LogP contribution in [0, 0.1) is 12.8 Å². The Kier molecular flexibility index (Phi) is 5.35. The number of hydrogen-bond acceptors (Lipinski definition) is 3. The highest BCUT2D eigenvalue weighted by Crippen LogP contribution is 2.26. The van der Waals surface area contributed by atoms with E-state index in [1.807, 2.05) is 19.1 Å². The minimum atomic E-state index is -3.39. The fourth-order valence-electron chi connectivity index (χ4n) is 4.39. The van der Waals surface area contributed by atoms with E-state index in [9.17, 15) is 8.42 Å². The lowest BCUT2D eigenvalue weighted by Gasteiger charge is -2.36. The van der Waals surface area contributed by atoms with Gasteiger partial charge in [0.2, 0.25) is 10.0 Å². The predicted molar refractivity (Wildman–Crippen MR) is 108 cm³/mol. The van der Waals surface area contributed by atoms with Crippen molar-refractivity contribution in [2.45, 2.75) is 37.6 Å².